The molecule has 0 amide bonds. The number of tetrazole rings is 1. The van der Waals surface area contributed by atoms with Crippen molar-refractivity contribution in [3.05, 3.63) is 100 Å². The molecule has 5 aromatic rings. The summed E-state index contributed by atoms with van der Waals surface area (Å²) in [5, 5.41) is 24.0. The van der Waals surface area contributed by atoms with Crippen LogP contribution in [0.3, 0.4) is 0 Å². The molecule has 7 nitrogen and oxygen atoms in total. The van der Waals surface area contributed by atoms with Crippen LogP contribution in [-0.4, -0.2) is 35.3 Å². The van der Waals surface area contributed by atoms with Gasteiger partial charge in [-0.2, -0.15) is 5.21 Å². The van der Waals surface area contributed by atoms with Crippen LogP contribution in [0.5, 0.6) is 5.75 Å². The molecule has 194 valence electrons. The Kier molecular flexibility index (Phi) is 6.89. The molecule has 0 radical (unpaired) electrons. The van der Waals surface area contributed by atoms with Gasteiger partial charge in [0.2, 0.25) is 5.82 Å². The van der Waals surface area contributed by atoms with Crippen LogP contribution in [0.1, 0.15) is 30.7 Å². The Morgan fingerprint density at radius 3 is 2.37 bits per heavy atom. The monoisotopic (exact) mass is 556 g/mol. The van der Waals surface area contributed by atoms with E-state index >= 15 is 0 Å². The van der Waals surface area contributed by atoms with Gasteiger partial charge in [-0.3, -0.25) is 4.57 Å². The van der Waals surface area contributed by atoms with Gasteiger partial charge in [-0.05, 0) is 59.3 Å². The molecule has 3 aromatic carbocycles. The molecule has 2 N–H and O–H groups in total. The Labute approximate surface area is 224 Å². The normalized spacial score (nSPS) is 11.7. The summed E-state index contributed by atoms with van der Waals surface area (Å²) in [6.45, 7) is 3.88. The van der Waals surface area contributed by atoms with Crippen LogP contribution in [-0.2, 0) is 11.2 Å². The SMILES string of the molecule is CC(C)(c1ccc(Cl)c(O)c1)c1cnc(SCc2c(F)cc(-c3nn[nH]n3)cc2F)n1-c1ccc(F)cc1. The Bertz CT molecular complexity index is 1580. The van der Waals surface area contributed by atoms with Crippen molar-refractivity contribution in [3.63, 3.8) is 0 Å². The fourth-order valence-electron chi connectivity index (χ4n) is 4.06. The van der Waals surface area contributed by atoms with Crippen molar-refractivity contribution in [2.75, 3.05) is 0 Å². The highest BCUT2D eigenvalue weighted by Crippen LogP contribution is 2.39. The molecule has 0 atom stereocenters. The van der Waals surface area contributed by atoms with Crippen molar-refractivity contribution in [1.82, 2.24) is 30.2 Å². The van der Waals surface area contributed by atoms with Gasteiger partial charge in [0.25, 0.3) is 0 Å². The molecule has 5 rings (SSSR count). The smallest absolute Gasteiger partial charge is 0.204 e. The first kappa shape index (κ1) is 25.8. The summed E-state index contributed by atoms with van der Waals surface area (Å²) in [7, 11) is 0. The second kappa shape index (κ2) is 10.1. The van der Waals surface area contributed by atoms with Crippen molar-refractivity contribution < 1.29 is 18.3 Å². The number of hydrogen-bond acceptors (Lipinski definition) is 6. The molecule has 0 spiro atoms. The third-order valence-corrected chi connectivity index (χ3v) is 7.51. The van der Waals surface area contributed by atoms with Gasteiger partial charge in [-0.1, -0.05) is 43.3 Å². The van der Waals surface area contributed by atoms with Gasteiger partial charge in [-0.25, -0.2) is 18.2 Å². The van der Waals surface area contributed by atoms with Crippen molar-refractivity contribution in [1.29, 1.82) is 0 Å². The number of hydrogen-bond donors (Lipinski definition) is 2. The molecule has 0 saturated heterocycles. The summed E-state index contributed by atoms with van der Waals surface area (Å²) < 4.78 is 45.4. The summed E-state index contributed by atoms with van der Waals surface area (Å²) in [5.74, 6) is -1.96. The first-order valence-corrected chi connectivity index (χ1v) is 12.7. The zero-order valence-corrected chi connectivity index (χ0v) is 21.7. The topological polar surface area (TPSA) is 92.5 Å². The first-order chi connectivity index (χ1) is 18.1. The van der Waals surface area contributed by atoms with E-state index in [4.69, 9.17) is 11.6 Å². The molecule has 0 bridgehead atoms. The standard InChI is InChI=1S/C26H20ClF3N6OS/c1-26(2,15-3-8-19(27)22(37)11-15)23-12-31-25(36(23)17-6-4-16(28)5-7-17)38-13-18-20(29)9-14(10-21(18)30)24-32-34-35-33-24/h3-12,37H,13H2,1-2H3,(H,32,33,34,35). The van der Waals surface area contributed by atoms with Crippen LogP contribution >= 0.6 is 23.4 Å². The zero-order valence-electron chi connectivity index (χ0n) is 20.1. The second-order valence-electron chi connectivity index (χ2n) is 8.97. The van der Waals surface area contributed by atoms with E-state index in [0.29, 0.717) is 16.5 Å². The molecule has 0 aliphatic heterocycles. The van der Waals surface area contributed by atoms with E-state index < -0.39 is 22.9 Å². The average molecular weight is 557 g/mol. The van der Waals surface area contributed by atoms with E-state index in [1.165, 1.54) is 12.1 Å². The van der Waals surface area contributed by atoms with Gasteiger partial charge in [0.15, 0.2) is 5.16 Å². The number of rotatable bonds is 7. The van der Waals surface area contributed by atoms with Crippen LogP contribution in [0.25, 0.3) is 17.1 Å². The number of aromatic nitrogens is 6. The molecule has 0 aliphatic carbocycles. The number of halogens is 4. The van der Waals surface area contributed by atoms with E-state index in [9.17, 15) is 18.3 Å². The second-order valence-corrected chi connectivity index (χ2v) is 10.3. The van der Waals surface area contributed by atoms with E-state index in [2.05, 4.69) is 25.6 Å². The Morgan fingerprint density at radius 1 is 1.03 bits per heavy atom. The Hall–Kier alpha value is -3.83. The van der Waals surface area contributed by atoms with Crippen LogP contribution in [0.15, 0.2) is 66.0 Å². The summed E-state index contributed by atoms with van der Waals surface area (Å²) in [6.07, 6.45) is 1.66. The summed E-state index contributed by atoms with van der Waals surface area (Å²) in [6, 6.07) is 13.1. The minimum atomic E-state index is -0.755. The highest BCUT2D eigenvalue weighted by atomic mass is 35.5. The molecule has 0 fully saturated rings. The van der Waals surface area contributed by atoms with E-state index in [-0.39, 0.29) is 33.5 Å². The zero-order chi connectivity index (χ0) is 27.0. The van der Waals surface area contributed by atoms with Crippen molar-refractivity contribution in [3.8, 4) is 22.8 Å². The van der Waals surface area contributed by atoms with Crippen molar-refractivity contribution in [2.24, 2.45) is 0 Å². The predicted molar refractivity (Wildman–Crippen MR) is 138 cm³/mol. The highest BCUT2D eigenvalue weighted by Gasteiger charge is 2.30. The molecule has 38 heavy (non-hydrogen) atoms. The maximum absolute atomic E-state index is 14.9. The third-order valence-electron chi connectivity index (χ3n) is 6.21. The number of phenols is 1. The van der Waals surface area contributed by atoms with Gasteiger partial charge in [0, 0.05) is 28.0 Å². The number of nitrogens with zero attached hydrogens (tertiary/aromatic N) is 5. The summed E-state index contributed by atoms with van der Waals surface area (Å²) in [4.78, 5) is 4.55. The molecule has 0 saturated carbocycles. The number of benzene rings is 3. The molecule has 0 aliphatic rings. The van der Waals surface area contributed by atoms with Gasteiger partial charge >= 0.3 is 0 Å². The van der Waals surface area contributed by atoms with Crippen molar-refractivity contribution in [2.45, 2.75) is 30.2 Å². The minimum absolute atomic E-state index is 0.0603. The number of nitrogens with one attached hydrogen (secondary N) is 1. The van der Waals surface area contributed by atoms with Crippen LogP contribution in [0.2, 0.25) is 5.02 Å². The Balaban J connectivity index is 1.53. The van der Waals surface area contributed by atoms with Gasteiger partial charge in [0.05, 0.1) is 16.9 Å². The fourth-order valence-corrected chi connectivity index (χ4v) is 5.18. The quantitative estimate of drug-likeness (QED) is 0.224. The van der Waals surface area contributed by atoms with Gasteiger partial charge < -0.3 is 5.11 Å². The molecular weight excluding hydrogens is 537 g/mol. The first-order valence-electron chi connectivity index (χ1n) is 11.3. The third kappa shape index (κ3) is 4.86. The number of thioether (sulfide) groups is 1. The van der Waals surface area contributed by atoms with E-state index in [1.54, 1.807) is 41.1 Å². The van der Waals surface area contributed by atoms with Crippen LogP contribution in [0.4, 0.5) is 13.2 Å². The van der Waals surface area contributed by atoms with Crippen molar-refractivity contribution >= 4 is 23.4 Å². The molecule has 12 heteroatoms. The summed E-state index contributed by atoms with van der Waals surface area (Å²) in [5.41, 5.74) is 1.41. The number of imidazole rings is 1. The molecule has 0 unspecified atom stereocenters. The van der Waals surface area contributed by atoms with E-state index in [1.807, 2.05) is 13.8 Å². The number of phenolic OH excluding ortho intramolecular Hbond substituents is 1. The maximum Gasteiger partial charge on any atom is 0.204 e. The lowest BCUT2D eigenvalue weighted by Crippen LogP contribution is -2.23. The predicted octanol–water partition coefficient (Wildman–Crippen LogP) is 6.45. The molecule has 2 aromatic heterocycles. The van der Waals surface area contributed by atoms with Gasteiger partial charge in [0.1, 0.15) is 23.2 Å². The lowest BCUT2D eigenvalue weighted by molar-refractivity contribution is 0.472. The average Bonchev–Trinajstić information content (AvgIpc) is 3.56. The highest BCUT2D eigenvalue weighted by molar-refractivity contribution is 7.98. The van der Waals surface area contributed by atoms with Crippen LogP contribution < -0.4 is 0 Å². The lowest BCUT2D eigenvalue weighted by atomic mass is 9.81. The van der Waals surface area contributed by atoms with E-state index in [0.717, 1.165) is 29.5 Å². The number of aromatic amines is 1. The van der Waals surface area contributed by atoms with Crippen LogP contribution in [0, 0.1) is 17.5 Å². The summed E-state index contributed by atoms with van der Waals surface area (Å²) >= 11 is 7.13. The van der Waals surface area contributed by atoms with Gasteiger partial charge in [-0.15, -0.1) is 10.2 Å². The molecule has 2 heterocycles. The largest absolute Gasteiger partial charge is 0.506 e. The number of H-pyrrole nitrogens is 1. The fraction of sp³-hybridized carbons (Fsp3) is 0.154. The Morgan fingerprint density at radius 2 is 1.74 bits per heavy atom. The lowest BCUT2D eigenvalue weighted by Gasteiger charge is -2.27. The molecular formula is C26H20ClF3N6OS. The minimum Gasteiger partial charge on any atom is -0.506 e. The number of aromatic hydroxyl groups is 1. The maximum atomic E-state index is 14.9.